The van der Waals surface area contributed by atoms with Gasteiger partial charge in [-0.3, -0.25) is 14.6 Å². The fourth-order valence-corrected chi connectivity index (χ4v) is 7.03. The van der Waals surface area contributed by atoms with Gasteiger partial charge in [0.2, 0.25) is 0 Å². The van der Waals surface area contributed by atoms with Crippen LogP contribution < -0.4 is 14.2 Å². The number of nitrogens with zero attached hydrogens (tertiary/aromatic N) is 1. The van der Waals surface area contributed by atoms with E-state index in [1.807, 2.05) is 79.7 Å². The van der Waals surface area contributed by atoms with Crippen LogP contribution in [-0.2, 0) is 20.9 Å². The Morgan fingerprint density at radius 3 is 2.38 bits per heavy atom. The Labute approximate surface area is 265 Å². The average molecular weight is 608 g/mol. The number of carbonyl (C=O) groups excluding carboxylic acids is 2. The van der Waals surface area contributed by atoms with Gasteiger partial charge in [-0.2, -0.15) is 0 Å². The molecule has 0 saturated heterocycles. The molecule has 3 aliphatic rings. The Kier molecular flexibility index (Phi) is 9.34. The van der Waals surface area contributed by atoms with E-state index in [4.69, 9.17) is 23.9 Å². The molecule has 7 heteroatoms. The summed E-state index contributed by atoms with van der Waals surface area (Å²) in [5, 5.41) is 0. The first-order chi connectivity index (χ1) is 21.9. The lowest BCUT2D eigenvalue weighted by atomic mass is 9.69. The quantitative estimate of drug-likeness (QED) is 0.232. The number of aliphatic imine (C=N–C) groups is 1. The summed E-state index contributed by atoms with van der Waals surface area (Å²) in [4.78, 5) is 33.1. The maximum Gasteiger partial charge on any atom is 0.315 e. The van der Waals surface area contributed by atoms with Crippen LogP contribution in [-0.4, -0.2) is 37.8 Å². The average Bonchev–Trinajstić information content (AvgIpc) is 3.07. The van der Waals surface area contributed by atoms with Crippen molar-refractivity contribution < 1.29 is 28.5 Å². The van der Waals surface area contributed by atoms with E-state index in [2.05, 4.69) is 0 Å². The van der Waals surface area contributed by atoms with Gasteiger partial charge in [0.1, 0.15) is 24.4 Å². The number of Topliss-reactive ketones (excluding diaryl/α,β-unsaturated/α-hetero) is 1. The topological polar surface area (TPSA) is 83.4 Å². The van der Waals surface area contributed by atoms with Crippen molar-refractivity contribution in [2.75, 3.05) is 14.2 Å². The van der Waals surface area contributed by atoms with E-state index in [1.165, 1.54) is 6.42 Å². The molecular formula is C38H41NO6. The fraction of sp³-hybridized carbons (Fsp3) is 0.395. The standard InChI is InChI=1S/C38H41NO6/c1-24-35(38(41)45-29-14-8-5-9-15-29)36(27-13-10-16-30(19-27)44-23-25-11-6-4-7-12-25)37-31(39-24)20-28(21-32(37)40)26-17-18-33(42-2)34(22-26)43-3/h4,6-7,10-13,16-19,22,28-29,35-36H,5,8-9,14-15,20-21,23H2,1-3H3/t28-,35?,36-/m1/s1. The molecule has 7 nitrogen and oxygen atoms in total. The highest BCUT2D eigenvalue weighted by molar-refractivity contribution is 6.09. The molecule has 0 aromatic heterocycles. The van der Waals surface area contributed by atoms with Crippen LogP contribution in [0.5, 0.6) is 17.2 Å². The Morgan fingerprint density at radius 2 is 1.62 bits per heavy atom. The zero-order valence-corrected chi connectivity index (χ0v) is 26.3. The van der Waals surface area contributed by atoms with Crippen LogP contribution in [0.1, 0.15) is 80.4 Å². The van der Waals surface area contributed by atoms with Crippen molar-refractivity contribution >= 4 is 17.5 Å². The maximum absolute atomic E-state index is 14.2. The second kappa shape index (κ2) is 13.7. The van der Waals surface area contributed by atoms with Gasteiger partial charge in [0.15, 0.2) is 17.3 Å². The lowest BCUT2D eigenvalue weighted by Gasteiger charge is -2.37. The SMILES string of the molecule is COc1ccc([C@H]2CC(=O)C3=C(C2)N=C(C)C(C(=O)OC2CCCCC2)[C@H]3c2cccc(OCc3ccccc3)c2)cc1OC. The number of rotatable bonds is 9. The van der Waals surface area contributed by atoms with E-state index in [1.54, 1.807) is 14.2 Å². The molecule has 1 saturated carbocycles. The van der Waals surface area contributed by atoms with Crippen molar-refractivity contribution in [1.29, 1.82) is 0 Å². The van der Waals surface area contributed by atoms with Crippen molar-refractivity contribution in [3.8, 4) is 17.2 Å². The molecule has 0 N–H and O–H groups in total. The zero-order valence-electron chi connectivity index (χ0n) is 26.3. The molecule has 0 bridgehead atoms. The highest BCUT2D eigenvalue weighted by Gasteiger charge is 2.45. The first kappa shape index (κ1) is 30.6. The summed E-state index contributed by atoms with van der Waals surface area (Å²) in [5.41, 5.74) is 4.94. The van der Waals surface area contributed by atoms with Crippen molar-refractivity contribution in [2.24, 2.45) is 10.9 Å². The van der Waals surface area contributed by atoms with Crippen molar-refractivity contribution in [3.63, 3.8) is 0 Å². The third kappa shape index (κ3) is 6.68. The number of esters is 1. The Balaban J connectivity index is 1.35. The summed E-state index contributed by atoms with van der Waals surface area (Å²) >= 11 is 0. The van der Waals surface area contributed by atoms with E-state index in [-0.39, 0.29) is 23.8 Å². The van der Waals surface area contributed by atoms with Crippen LogP contribution in [0.25, 0.3) is 0 Å². The number of benzene rings is 3. The monoisotopic (exact) mass is 607 g/mol. The predicted molar refractivity (Wildman–Crippen MR) is 173 cm³/mol. The van der Waals surface area contributed by atoms with Crippen LogP contribution in [0.15, 0.2) is 89.1 Å². The van der Waals surface area contributed by atoms with Gasteiger partial charge in [0, 0.05) is 29.3 Å². The summed E-state index contributed by atoms with van der Waals surface area (Å²) in [5.74, 6) is 0.395. The van der Waals surface area contributed by atoms with Gasteiger partial charge in [0.05, 0.1) is 14.2 Å². The van der Waals surface area contributed by atoms with Crippen molar-refractivity contribution in [1.82, 2.24) is 0 Å². The molecule has 1 heterocycles. The van der Waals surface area contributed by atoms with Crippen LogP contribution in [0.3, 0.4) is 0 Å². The minimum Gasteiger partial charge on any atom is -0.493 e. The molecule has 1 aliphatic heterocycles. The van der Waals surface area contributed by atoms with Gasteiger partial charge < -0.3 is 18.9 Å². The molecule has 2 aliphatic carbocycles. The third-order valence-corrected chi connectivity index (χ3v) is 9.32. The van der Waals surface area contributed by atoms with E-state index in [9.17, 15) is 9.59 Å². The zero-order chi connectivity index (χ0) is 31.3. The van der Waals surface area contributed by atoms with Gasteiger partial charge in [-0.1, -0.05) is 55.0 Å². The smallest absolute Gasteiger partial charge is 0.315 e. The molecule has 1 fully saturated rings. The number of hydrogen-bond donors (Lipinski definition) is 0. The molecule has 234 valence electrons. The summed E-state index contributed by atoms with van der Waals surface area (Å²) in [6.07, 6.45) is 5.85. The summed E-state index contributed by atoms with van der Waals surface area (Å²) < 4.78 is 23.3. The number of allylic oxidation sites excluding steroid dienone is 2. The number of carbonyl (C=O) groups is 2. The van der Waals surface area contributed by atoms with Crippen LogP contribution in [0.2, 0.25) is 0 Å². The second-order valence-corrected chi connectivity index (χ2v) is 12.3. The minimum atomic E-state index is -0.684. The Bertz CT molecular complexity index is 1600. The molecule has 45 heavy (non-hydrogen) atoms. The van der Waals surface area contributed by atoms with E-state index in [0.29, 0.717) is 48.0 Å². The molecule has 0 spiro atoms. The molecule has 6 rings (SSSR count). The predicted octanol–water partition coefficient (Wildman–Crippen LogP) is 7.73. The second-order valence-electron chi connectivity index (χ2n) is 12.3. The van der Waals surface area contributed by atoms with E-state index < -0.39 is 11.8 Å². The third-order valence-electron chi connectivity index (χ3n) is 9.32. The Hall–Kier alpha value is -4.39. The fourth-order valence-electron chi connectivity index (χ4n) is 7.03. The normalized spacial score (nSPS) is 21.9. The van der Waals surface area contributed by atoms with Crippen molar-refractivity contribution in [2.45, 2.75) is 76.4 Å². The summed E-state index contributed by atoms with van der Waals surface area (Å²) in [6, 6.07) is 23.6. The number of hydrogen-bond acceptors (Lipinski definition) is 7. The molecule has 3 aromatic rings. The minimum absolute atomic E-state index is 0.00311. The van der Waals surface area contributed by atoms with Crippen LogP contribution in [0.4, 0.5) is 0 Å². The molecule has 1 unspecified atom stereocenters. The summed E-state index contributed by atoms with van der Waals surface area (Å²) in [6.45, 7) is 2.31. The molecular weight excluding hydrogens is 566 g/mol. The largest absolute Gasteiger partial charge is 0.493 e. The van der Waals surface area contributed by atoms with Gasteiger partial charge in [-0.05, 0) is 85.9 Å². The van der Waals surface area contributed by atoms with Gasteiger partial charge in [-0.15, -0.1) is 0 Å². The van der Waals surface area contributed by atoms with Crippen molar-refractivity contribution in [3.05, 3.63) is 101 Å². The van der Waals surface area contributed by atoms with Crippen LogP contribution >= 0.6 is 0 Å². The highest BCUT2D eigenvalue weighted by atomic mass is 16.5. The molecule has 0 amide bonds. The molecule has 3 aromatic carbocycles. The van der Waals surface area contributed by atoms with Gasteiger partial charge in [-0.25, -0.2) is 0 Å². The number of ketones is 1. The first-order valence-electron chi connectivity index (χ1n) is 16.0. The maximum atomic E-state index is 14.2. The molecule has 0 radical (unpaired) electrons. The van der Waals surface area contributed by atoms with E-state index in [0.717, 1.165) is 48.1 Å². The first-order valence-corrected chi connectivity index (χ1v) is 16.0. The van der Waals surface area contributed by atoms with Gasteiger partial charge >= 0.3 is 5.97 Å². The lowest BCUT2D eigenvalue weighted by molar-refractivity contribution is -0.153. The number of ether oxygens (including phenoxy) is 4. The summed E-state index contributed by atoms with van der Waals surface area (Å²) in [7, 11) is 3.22. The molecule has 3 atom stereocenters. The van der Waals surface area contributed by atoms with Crippen LogP contribution in [0, 0.1) is 5.92 Å². The Morgan fingerprint density at radius 1 is 0.844 bits per heavy atom. The number of methoxy groups -OCH3 is 2. The van der Waals surface area contributed by atoms with Gasteiger partial charge in [0.25, 0.3) is 0 Å². The lowest BCUT2D eigenvalue weighted by Crippen LogP contribution is -2.39. The highest BCUT2D eigenvalue weighted by Crippen LogP contribution is 2.48. The van der Waals surface area contributed by atoms with E-state index >= 15 is 0 Å².